The van der Waals surface area contributed by atoms with Crippen LogP contribution in [0.5, 0.6) is 0 Å². The van der Waals surface area contributed by atoms with E-state index in [2.05, 4.69) is 27.5 Å². The van der Waals surface area contributed by atoms with Gasteiger partial charge in [0.05, 0.1) is 12.7 Å². The van der Waals surface area contributed by atoms with Crippen LogP contribution in [-0.2, 0) is 30.3 Å². The fraction of sp³-hybridized carbons (Fsp3) is 0.385. The summed E-state index contributed by atoms with van der Waals surface area (Å²) in [6.07, 6.45) is 1.94. The number of hydrogen-bond donors (Lipinski definition) is 3. The molecule has 9 nitrogen and oxygen atoms in total. The molecule has 35 heavy (non-hydrogen) atoms. The van der Waals surface area contributed by atoms with E-state index in [-0.39, 0.29) is 17.6 Å². The lowest BCUT2D eigenvalue weighted by Gasteiger charge is -2.31. The summed E-state index contributed by atoms with van der Waals surface area (Å²) in [6, 6.07) is 9.10. The molecule has 9 heteroatoms. The highest BCUT2D eigenvalue weighted by Gasteiger charge is 2.37. The van der Waals surface area contributed by atoms with Gasteiger partial charge in [0.2, 0.25) is 0 Å². The number of ether oxygens (including phenoxy) is 2. The predicted octanol–water partition coefficient (Wildman–Crippen LogP) is 3.28. The number of carbonyl (C=O) groups excluding carboxylic acids is 4. The number of benzene rings is 1. The third-order valence-corrected chi connectivity index (χ3v) is 4.69. The maximum atomic E-state index is 13.2. The SMILES string of the molecule is C=C/C(=C\C(C(=O)NNC(=O)C(C)(Cc1ccccc1)NC(=O)OC(C)(C)C)=C(C)C)C(=O)OC. The van der Waals surface area contributed by atoms with Gasteiger partial charge < -0.3 is 14.8 Å². The maximum Gasteiger partial charge on any atom is 0.408 e. The summed E-state index contributed by atoms with van der Waals surface area (Å²) < 4.78 is 10.00. The minimum atomic E-state index is -1.46. The lowest BCUT2D eigenvalue weighted by molar-refractivity contribution is -0.135. The molecule has 0 aliphatic heterocycles. The summed E-state index contributed by atoms with van der Waals surface area (Å²) in [7, 11) is 1.22. The lowest BCUT2D eigenvalue weighted by Crippen LogP contribution is -2.61. The average molecular weight is 486 g/mol. The highest BCUT2D eigenvalue weighted by atomic mass is 16.6. The van der Waals surface area contributed by atoms with E-state index in [1.807, 2.05) is 30.3 Å². The van der Waals surface area contributed by atoms with E-state index in [9.17, 15) is 19.2 Å². The number of alkyl carbamates (subject to hydrolysis) is 1. The minimum Gasteiger partial charge on any atom is -0.465 e. The zero-order valence-corrected chi connectivity index (χ0v) is 21.4. The molecule has 0 bridgehead atoms. The van der Waals surface area contributed by atoms with Gasteiger partial charge in [0, 0.05) is 12.0 Å². The van der Waals surface area contributed by atoms with Crippen LogP contribution < -0.4 is 16.2 Å². The normalized spacial score (nSPS) is 12.9. The molecular weight excluding hydrogens is 450 g/mol. The average Bonchev–Trinajstić information content (AvgIpc) is 2.76. The summed E-state index contributed by atoms with van der Waals surface area (Å²) >= 11 is 0. The first-order valence-corrected chi connectivity index (χ1v) is 11.0. The molecule has 3 amide bonds. The third-order valence-electron chi connectivity index (χ3n) is 4.69. The molecule has 0 heterocycles. The van der Waals surface area contributed by atoms with Crippen molar-refractivity contribution in [2.45, 2.75) is 59.1 Å². The minimum absolute atomic E-state index is 0.0747. The second kappa shape index (κ2) is 12.5. The Labute approximate surface area is 206 Å². The Morgan fingerprint density at radius 1 is 1.00 bits per heavy atom. The van der Waals surface area contributed by atoms with Crippen LogP contribution in [0.3, 0.4) is 0 Å². The van der Waals surface area contributed by atoms with Crippen LogP contribution in [0.2, 0.25) is 0 Å². The number of rotatable bonds is 8. The monoisotopic (exact) mass is 485 g/mol. The molecule has 3 N–H and O–H groups in total. The summed E-state index contributed by atoms with van der Waals surface area (Å²) in [5.41, 5.74) is 4.06. The van der Waals surface area contributed by atoms with Crippen LogP contribution in [0.25, 0.3) is 0 Å². The van der Waals surface area contributed by atoms with Gasteiger partial charge in [-0.1, -0.05) is 48.6 Å². The van der Waals surface area contributed by atoms with E-state index in [4.69, 9.17) is 4.74 Å². The summed E-state index contributed by atoms with van der Waals surface area (Å²) in [6.45, 7) is 13.6. The highest BCUT2D eigenvalue weighted by Crippen LogP contribution is 2.16. The van der Waals surface area contributed by atoms with Crippen LogP contribution >= 0.6 is 0 Å². The van der Waals surface area contributed by atoms with Gasteiger partial charge in [0.25, 0.3) is 11.8 Å². The number of hydrogen-bond acceptors (Lipinski definition) is 6. The zero-order chi connectivity index (χ0) is 26.8. The van der Waals surface area contributed by atoms with Gasteiger partial charge in [0.1, 0.15) is 11.1 Å². The topological polar surface area (TPSA) is 123 Å². The van der Waals surface area contributed by atoms with Gasteiger partial charge in [-0.15, -0.1) is 0 Å². The molecule has 1 rings (SSSR count). The number of esters is 1. The van der Waals surface area contributed by atoms with E-state index in [1.165, 1.54) is 26.2 Å². The number of allylic oxidation sites excluding steroid dienone is 1. The Morgan fingerprint density at radius 3 is 2.09 bits per heavy atom. The van der Waals surface area contributed by atoms with Gasteiger partial charge in [-0.25, -0.2) is 9.59 Å². The summed E-state index contributed by atoms with van der Waals surface area (Å²) in [4.78, 5) is 50.3. The molecule has 0 aromatic heterocycles. The van der Waals surface area contributed by atoms with Crippen molar-refractivity contribution in [1.29, 1.82) is 0 Å². The number of amides is 3. The molecule has 0 radical (unpaired) electrons. The first kappa shape index (κ1) is 29.2. The number of hydrazine groups is 1. The van der Waals surface area contributed by atoms with Crippen molar-refractivity contribution in [1.82, 2.24) is 16.2 Å². The van der Waals surface area contributed by atoms with E-state index in [0.717, 1.165) is 5.56 Å². The third kappa shape index (κ3) is 9.48. The Hall–Kier alpha value is -3.88. The number of methoxy groups -OCH3 is 1. The maximum absolute atomic E-state index is 13.2. The fourth-order valence-electron chi connectivity index (χ4n) is 2.94. The van der Waals surface area contributed by atoms with Gasteiger partial charge in [-0.3, -0.25) is 20.4 Å². The van der Waals surface area contributed by atoms with Crippen LogP contribution in [0.15, 0.2) is 65.8 Å². The quantitative estimate of drug-likeness (QED) is 0.225. The largest absolute Gasteiger partial charge is 0.465 e. The smallest absolute Gasteiger partial charge is 0.408 e. The molecule has 1 unspecified atom stereocenters. The first-order valence-electron chi connectivity index (χ1n) is 11.0. The Morgan fingerprint density at radius 2 is 1.60 bits per heavy atom. The van der Waals surface area contributed by atoms with Crippen LogP contribution in [-0.4, -0.2) is 42.1 Å². The molecule has 1 aromatic rings. The van der Waals surface area contributed by atoms with Crippen molar-refractivity contribution < 1.29 is 28.7 Å². The Bertz CT molecular complexity index is 1020. The van der Waals surface area contributed by atoms with Crippen molar-refractivity contribution in [2.24, 2.45) is 0 Å². The van der Waals surface area contributed by atoms with Gasteiger partial charge in [-0.2, -0.15) is 0 Å². The van der Waals surface area contributed by atoms with Crippen molar-refractivity contribution in [3.63, 3.8) is 0 Å². The van der Waals surface area contributed by atoms with Crippen molar-refractivity contribution >= 4 is 23.9 Å². The van der Waals surface area contributed by atoms with Crippen molar-refractivity contribution in [3.05, 3.63) is 71.3 Å². The zero-order valence-electron chi connectivity index (χ0n) is 21.4. The standard InChI is InChI=1S/C26H35N3O6/c1-9-19(22(31)34-8)15-20(17(2)3)21(30)28-29-23(32)26(7,16-18-13-11-10-12-14-18)27-24(33)35-25(4,5)6/h9-15H,1,16H2,2-8H3,(H,27,33)(H,28,30)(H,29,32)/b19-15+. The van der Waals surface area contributed by atoms with Crippen LogP contribution in [0.4, 0.5) is 4.79 Å². The Balaban J connectivity index is 3.13. The molecule has 1 aromatic carbocycles. The molecule has 0 saturated carbocycles. The molecule has 0 aliphatic rings. The molecular formula is C26H35N3O6. The summed E-state index contributed by atoms with van der Waals surface area (Å²) in [5.74, 6) is -2.00. The van der Waals surface area contributed by atoms with Gasteiger partial charge in [-0.05, 0) is 53.2 Å². The molecule has 0 fully saturated rings. The van der Waals surface area contributed by atoms with Crippen molar-refractivity contribution in [3.8, 4) is 0 Å². The van der Waals surface area contributed by atoms with Crippen molar-refractivity contribution in [2.75, 3.05) is 7.11 Å². The van der Waals surface area contributed by atoms with Crippen LogP contribution in [0.1, 0.15) is 47.1 Å². The summed E-state index contributed by atoms with van der Waals surface area (Å²) in [5, 5.41) is 2.61. The fourth-order valence-corrected chi connectivity index (χ4v) is 2.94. The second-order valence-electron chi connectivity index (χ2n) is 9.24. The van der Waals surface area contributed by atoms with Gasteiger partial charge in [0.15, 0.2) is 0 Å². The predicted molar refractivity (Wildman–Crippen MR) is 133 cm³/mol. The molecule has 190 valence electrons. The van der Waals surface area contributed by atoms with E-state index in [1.54, 1.807) is 34.6 Å². The van der Waals surface area contributed by atoms with E-state index >= 15 is 0 Å². The van der Waals surface area contributed by atoms with E-state index in [0.29, 0.717) is 5.57 Å². The molecule has 0 spiro atoms. The number of carbonyl (C=O) groups is 4. The highest BCUT2D eigenvalue weighted by molar-refractivity contribution is 6.02. The second-order valence-corrected chi connectivity index (χ2v) is 9.24. The number of nitrogens with one attached hydrogen (secondary N) is 3. The first-order chi connectivity index (χ1) is 16.2. The van der Waals surface area contributed by atoms with Gasteiger partial charge >= 0.3 is 12.1 Å². The molecule has 1 atom stereocenters. The van der Waals surface area contributed by atoms with Crippen LogP contribution in [0, 0.1) is 0 Å². The van der Waals surface area contributed by atoms with E-state index < -0.39 is 35.0 Å². The Kier molecular flexibility index (Phi) is 10.4. The molecule has 0 aliphatic carbocycles. The lowest BCUT2D eigenvalue weighted by atomic mass is 9.92. The molecule has 0 saturated heterocycles.